The first kappa shape index (κ1) is 13.1. The summed E-state index contributed by atoms with van der Waals surface area (Å²) in [6, 6.07) is 9.33. The summed E-state index contributed by atoms with van der Waals surface area (Å²) in [6.07, 6.45) is 2.21. The van der Waals surface area contributed by atoms with Gasteiger partial charge in [-0.25, -0.2) is 4.39 Å². The second-order valence-electron chi connectivity index (χ2n) is 4.96. The van der Waals surface area contributed by atoms with E-state index in [1.165, 1.54) is 22.6 Å². The van der Waals surface area contributed by atoms with Gasteiger partial charge >= 0.3 is 0 Å². The van der Waals surface area contributed by atoms with Crippen LogP contribution in [0.4, 0.5) is 4.39 Å². The van der Waals surface area contributed by atoms with Crippen LogP contribution in [0.5, 0.6) is 0 Å². The van der Waals surface area contributed by atoms with Gasteiger partial charge < -0.3 is 5.32 Å². The molecule has 100 valence electrons. The predicted octanol–water partition coefficient (Wildman–Crippen LogP) is 4.88. The van der Waals surface area contributed by atoms with Crippen LogP contribution in [0.2, 0.25) is 4.34 Å². The fourth-order valence-corrected chi connectivity index (χ4v) is 4.01. The first-order valence-corrected chi connectivity index (χ1v) is 7.62. The average molecular weight is 296 g/mol. The average Bonchev–Trinajstić information content (AvgIpc) is 2.91. The summed E-state index contributed by atoms with van der Waals surface area (Å²) in [7, 11) is 0. The fourth-order valence-electron chi connectivity index (χ4n) is 2.65. The van der Waals surface area contributed by atoms with Gasteiger partial charge in [0.05, 0.1) is 4.34 Å². The smallest absolute Gasteiger partial charge is 0.123 e. The molecule has 0 amide bonds. The Balaban J connectivity index is 1.73. The molecule has 1 aromatic carbocycles. The second-order valence-corrected chi connectivity index (χ2v) is 6.73. The molecule has 0 fully saturated rings. The number of fused-ring (bicyclic) bond motifs is 1. The molecule has 1 N–H and O–H groups in total. The second kappa shape index (κ2) is 5.23. The van der Waals surface area contributed by atoms with E-state index in [4.69, 9.17) is 11.6 Å². The van der Waals surface area contributed by atoms with Crippen LogP contribution in [0.25, 0.3) is 0 Å². The van der Waals surface area contributed by atoms with E-state index in [2.05, 4.69) is 18.3 Å². The zero-order valence-corrected chi connectivity index (χ0v) is 12.2. The first-order valence-electron chi connectivity index (χ1n) is 6.43. The van der Waals surface area contributed by atoms with Crippen molar-refractivity contribution in [3.63, 3.8) is 0 Å². The Bertz CT molecular complexity index is 578. The predicted molar refractivity (Wildman–Crippen MR) is 78.3 cm³/mol. The quantitative estimate of drug-likeness (QED) is 0.851. The van der Waals surface area contributed by atoms with E-state index < -0.39 is 0 Å². The van der Waals surface area contributed by atoms with Crippen molar-refractivity contribution in [2.24, 2.45) is 0 Å². The Hall–Kier alpha value is -0.900. The molecule has 0 saturated carbocycles. The van der Waals surface area contributed by atoms with Crippen LogP contribution in [0, 0.1) is 5.82 Å². The zero-order chi connectivity index (χ0) is 13.4. The number of thiophene rings is 1. The van der Waals surface area contributed by atoms with Crippen molar-refractivity contribution in [3.05, 3.63) is 56.5 Å². The van der Waals surface area contributed by atoms with Crippen LogP contribution >= 0.6 is 22.9 Å². The first-order chi connectivity index (χ1) is 9.13. The molecule has 4 heteroatoms. The molecule has 19 heavy (non-hydrogen) atoms. The van der Waals surface area contributed by atoms with Crippen LogP contribution < -0.4 is 5.32 Å². The molecule has 2 atom stereocenters. The van der Waals surface area contributed by atoms with Crippen molar-refractivity contribution in [2.45, 2.75) is 31.8 Å². The summed E-state index contributed by atoms with van der Waals surface area (Å²) in [5.74, 6) is -0.191. The van der Waals surface area contributed by atoms with Gasteiger partial charge in [0.25, 0.3) is 0 Å². The topological polar surface area (TPSA) is 12.0 Å². The molecule has 0 aliphatic heterocycles. The van der Waals surface area contributed by atoms with Crippen LogP contribution in [-0.4, -0.2) is 0 Å². The van der Waals surface area contributed by atoms with Crippen LogP contribution in [-0.2, 0) is 6.42 Å². The summed E-state index contributed by atoms with van der Waals surface area (Å²) in [5.41, 5.74) is 2.44. The van der Waals surface area contributed by atoms with Gasteiger partial charge in [-0.3, -0.25) is 0 Å². The highest BCUT2D eigenvalue weighted by molar-refractivity contribution is 7.16. The monoisotopic (exact) mass is 295 g/mol. The summed E-state index contributed by atoms with van der Waals surface area (Å²) >= 11 is 7.74. The molecular weight excluding hydrogens is 281 g/mol. The minimum atomic E-state index is -0.191. The van der Waals surface area contributed by atoms with Gasteiger partial charge in [0.2, 0.25) is 0 Å². The van der Waals surface area contributed by atoms with Gasteiger partial charge in [-0.05, 0) is 49.1 Å². The molecule has 1 heterocycles. The Kier molecular flexibility index (Phi) is 3.61. The molecule has 2 unspecified atom stereocenters. The molecule has 0 saturated heterocycles. The van der Waals surface area contributed by atoms with Crippen molar-refractivity contribution < 1.29 is 4.39 Å². The van der Waals surface area contributed by atoms with E-state index in [1.54, 1.807) is 11.3 Å². The van der Waals surface area contributed by atoms with Gasteiger partial charge in [-0.1, -0.05) is 23.7 Å². The van der Waals surface area contributed by atoms with Crippen LogP contribution in [0.1, 0.15) is 41.4 Å². The lowest BCUT2D eigenvalue weighted by atomic mass is 10.1. The zero-order valence-electron chi connectivity index (χ0n) is 10.6. The Morgan fingerprint density at radius 3 is 2.84 bits per heavy atom. The number of rotatable bonds is 3. The molecule has 0 spiro atoms. The van der Waals surface area contributed by atoms with Crippen LogP contribution in [0.15, 0.2) is 30.3 Å². The van der Waals surface area contributed by atoms with Crippen molar-refractivity contribution in [3.8, 4) is 0 Å². The maximum Gasteiger partial charge on any atom is 0.123 e. The number of halogens is 2. The largest absolute Gasteiger partial charge is 0.303 e. The van der Waals surface area contributed by atoms with E-state index in [1.807, 2.05) is 12.1 Å². The van der Waals surface area contributed by atoms with Gasteiger partial charge in [0, 0.05) is 17.0 Å². The van der Waals surface area contributed by atoms with E-state index >= 15 is 0 Å². The van der Waals surface area contributed by atoms with Gasteiger partial charge in [0.1, 0.15) is 5.82 Å². The molecule has 0 bridgehead atoms. The number of hydrogen-bond acceptors (Lipinski definition) is 2. The van der Waals surface area contributed by atoms with Crippen molar-refractivity contribution in [1.29, 1.82) is 0 Å². The Labute approximate surface area is 121 Å². The molecule has 1 nitrogen and oxygen atoms in total. The van der Waals surface area contributed by atoms with Crippen molar-refractivity contribution >= 4 is 22.9 Å². The molecule has 1 aliphatic rings. The van der Waals surface area contributed by atoms with Gasteiger partial charge in [-0.15, -0.1) is 11.3 Å². The molecule has 1 aromatic heterocycles. The number of nitrogens with one attached hydrogen (secondary N) is 1. The third-order valence-corrected chi connectivity index (χ3v) is 5.01. The molecule has 1 aliphatic carbocycles. The van der Waals surface area contributed by atoms with E-state index in [-0.39, 0.29) is 11.9 Å². The minimum absolute atomic E-state index is 0.191. The summed E-state index contributed by atoms with van der Waals surface area (Å²) in [5, 5.41) is 3.61. The maximum atomic E-state index is 12.9. The van der Waals surface area contributed by atoms with Crippen molar-refractivity contribution in [2.75, 3.05) is 0 Å². The molecule has 2 aromatic rings. The third-order valence-electron chi connectivity index (χ3n) is 3.67. The van der Waals surface area contributed by atoms with Crippen molar-refractivity contribution in [1.82, 2.24) is 5.32 Å². The third kappa shape index (κ3) is 2.69. The lowest BCUT2D eigenvalue weighted by Gasteiger charge is -2.20. The molecule has 0 radical (unpaired) electrons. The SMILES string of the molecule is CC(NC1CCc2sc(Cl)cc21)c1ccc(F)cc1. The molecule has 3 rings (SSSR count). The normalized spacial score (nSPS) is 19.4. The fraction of sp³-hybridized carbons (Fsp3) is 0.333. The highest BCUT2D eigenvalue weighted by Gasteiger charge is 2.26. The number of benzene rings is 1. The number of aryl methyl sites for hydroxylation is 1. The van der Waals surface area contributed by atoms with E-state index in [0.717, 1.165) is 22.7 Å². The lowest BCUT2D eigenvalue weighted by molar-refractivity contribution is 0.464. The Morgan fingerprint density at radius 1 is 1.37 bits per heavy atom. The number of hydrogen-bond donors (Lipinski definition) is 1. The van der Waals surface area contributed by atoms with Gasteiger partial charge in [0.15, 0.2) is 0 Å². The highest BCUT2D eigenvalue weighted by Crippen LogP contribution is 2.40. The highest BCUT2D eigenvalue weighted by atomic mass is 35.5. The summed E-state index contributed by atoms with van der Waals surface area (Å²) < 4.78 is 13.8. The maximum absolute atomic E-state index is 12.9. The lowest BCUT2D eigenvalue weighted by Crippen LogP contribution is -2.22. The van der Waals surface area contributed by atoms with Gasteiger partial charge in [-0.2, -0.15) is 0 Å². The Morgan fingerprint density at radius 2 is 2.11 bits per heavy atom. The summed E-state index contributed by atoms with van der Waals surface area (Å²) in [6.45, 7) is 2.11. The standard InChI is InChI=1S/C15H15ClFNS/c1-9(10-2-4-11(17)5-3-10)18-13-6-7-14-12(13)8-15(16)19-14/h2-5,8-9,13,18H,6-7H2,1H3. The summed E-state index contributed by atoms with van der Waals surface area (Å²) in [4.78, 5) is 1.40. The minimum Gasteiger partial charge on any atom is -0.303 e. The van der Waals surface area contributed by atoms with E-state index in [9.17, 15) is 4.39 Å². The molecular formula is C15H15ClFNS. The van der Waals surface area contributed by atoms with Crippen LogP contribution in [0.3, 0.4) is 0 Å². The van der Waals surface area contributed by atoms with E-state index in [0.29, 0.717) is 6.04 Å².